The average Bonchev–Trinajstić information content (AvgIpc) is 2.05. The van der Waals surface area contributed by atoms with E-state index in [2.05, 4.69) is 6.07 Å². The van der Waals surface area contributed by atoms with Crippen molar-refractivity contribution in [3.8, 4) is 0 Å². The molecule has 0 aromatic heterocycles. The number of hydrogen-bond donors (Lipinski definition) is 0. The van der Waals surface area contributed by atoms with Gasteiger partial charge in [0.1, 0.15) is 13.3 Å². The van der Waals surface area contributed by atoms with E-state index in [4.69, 9.17) is 0 Å². The molecule has 0 aliphatic rings. The lowest BCUT2D eigenvalue weighted by atomic mass is 10.1. The van der Waals surface area contributed by atoms with Crippen molar-refractivity contribution in [2.24, 2.45) is 0 Å². The van der Waals surface area contributed by atoms with Crippen molar-refractivity contribution in [1.29, 1.82) is 0 Å². The molecule has 1 aromatic rings. The first-order valence-electron chi connectivity index (χ1n) is 2.99. The molecule has 1 aromatic carbocycles. The summed E-state index contributed by atoms with van der Waals surface area (Å²) in [6.07, 6.45) is 0. The maximum Gasteiger partial charge on any atom is 0.115 e. The minimum Gasteiger partial charge on any atom is -0.246 e. The first-order chi connectivity index (χ1) is 4.86. The third-order valence-electron chi connectivity index (χ3n) is 1.20. The first kappa shape index (κ1) is 7.19. The van der Waals surface area contributed by atoms with Crippen LogP contribution in [-0.2, 0) is 13.3 Å². The van der Waals surface area contributed by atoms with Gasteiger partial charge in [-0.1, -0.05) is 18.2 Å². The molecule has 2 heteroatoms. The van der Waals surface area contributed by atoms with Crippen LogP contribution in [0.25, 0.3) is 0 Å². The molecule has 0 bridgehead atoms. The summed E-state index contributed by atoms with van der Waals surface area (Å²) in [7, 11) is 0. The van der Waals surface area contributed by atoms with Crippen LogP contribution in [-0.4, -0.2) is 0 Å². The number of hydrogen-bond acceptors (Lipinski definition) is 0. The Morgan fingerprint density at radius 1 is 1.10 bits per heavy atom. The van der Waals surface area contributed by atoms with Gasteiger partial charge in [0, 0.05) is 0 Å². The van der Waals surface area contributed by atoms with E-state index in [1.54, 1.807) is 18.2 Å². The van der Waals surface area contributed by atoms with Gasteiger partial charge in [-0.3, -0.25) is 0 Å². The van der Waals surface area contributed by atoms with Crippen molar-refractivity contribution in [1.82, 2.24) is 0 Å². The highest BCUT2D eigenvalue weighted by atomic mass is 19.1. The molecular formula is C8H7F2. The van der Waals surface area contributed by atoms with Gasteiger partial charge in [0.2, 0.25) is 0 Å². The van der Waals surface area contributed by atoms with Crippen LogP contribution in [0.15, 0.2) is 18.2 Å². The van der Waals surface area contributed by atoms with Crippen molar-refractivity contribution in [2.45, 2.75) is 13.3 Å². The van der Waals surface area contributed by atoms with Crippen molar-refractivity contribution in [2.75, 3.05) is 0 Å². The largest absolute Gasteiger partial charge is 0.246 e. The third-order valence-corrected chi connectivity index (χ3v) is 1.20. The average molecular weight is 141 g/mol. The van der Waals surface area contributed by atoms with Gasteiger partial charge in [0.05, 0.1) is 0 Å². The van der Waals surface area contributed by atoms with Crippen LogP contribution in [0.5, 0.6) is 0 Å². The van der Waals surface area contributed by atoms with E-state index in [9.17, 15) is 8.78 Å². The standard InChI is InChI=1S/C8H7F2/c9-5-7-2-1-3-8(4-7)6-10/h1-3H,5-6H2. The van der Waals surface area contributed by atoms with Crippen molar-refractivity contribution in [3.05, 3.63) is 35.4 Å². The van der Waals surface area contributed by atoms with Gasteiger partial charge in [-0.05, 0) is 17.2 Å². The molecular weight excluding hydrogens is 134 g/mol. The molecule has 1 radical (unpaired) electrons. The molecule has 0 aliphatic carbocycles. The molecule has 0 nitrogen and oxygen atoms in total. The minimum absolute atomic E-state index is 0.412. The predicted molar refractivity (Wildman–Crippen MR) is 34.9 cm³/mol. The Hall–Kier alpha value is -0.920. The summed E-state index contributed by atoms with van der Waals surface area (Å²) in [4.78, 5) is 0. The van der Waals surface area contributed by atoms with Gasteiger partial charge in [0.25, 0.3) is 0 Å². The fraction of sp³-hybridized carbons (Fsp3) is 0.250. The van der Waals surface area contributed by atoms with Crippen LogP contribution in [0.1, 0.15) is 11.1 Å². The van der Waals surface area contributed by atoms with Gasteiger partial charge in [0.15, 0.2) is 0 Å². The Morgan fingerprint density at radius 2 is 1.60 bits per heavy atom. The van der Waals surface area contributed by atoms with Crippen molar-refractivity contribution < 1.29 is 8.78 Å². The quantitative estimate of drug-likeness (QED) is 0.593. The number of halogens is 2. The number of alkyl halides is 2. The number of benzene rings is 1. The van der Waals surface area contributed by atoms with Gasteiger partial charge in [-0.2, -0.15) is 0 Å². The second-order valence-electron chi connectivity index (χ2n) is 1.97. The SMILES string of the molecule is FCc1[c]c(CF)ccc1. The zero-order valence-electron chi connectivity index (χ0n) is 5.40. The van der Waals surface area contributed by atoms with Crippen LogP contribution >= 0.6 is 0 Å². The first-order valence-corrected chi connectivity index (χ1v) is 2.99. The Bertz CT molecular complexity index is 189. The van der Waals surface area contributed by atoms with Gasteiger partial charge in [-0.25, -0.2) is 8.78 Å². The lowest BCUT2D eigenvalue weighted by molar-refractivity contribution is 0.474. The second-order valence-corrected chi connectivity index (χ2v) is 1.97. The molecule has 0 fully saturated rings. The van der Waals surface area contributed by atoms with Crippen LogP contribution < -0.4 is 0 Å². The molecule has 0 saturated heterocycles. The molecule has 1 rings (SSSR count). The van der Waals surface area contributed by atoms with E-state index in [0.29, 0.717) is 11.1 Å². The van der Waals surface area contributed by atoms with E-state index in [1.807, 2.05) is 0 Å². The van der Waals surface area contributed by atoms with Crippen molar-refractivity contribution >= 4 is 0 Å². The summed E-state index contributed by atoms with van der Waals surface area (Å²) >= 11 is 0. The van der Waals surface area contributed by atoms with E-state index in [1.165, 1.54) is 0 Å². The highest BCUT2D eigenvalue weighted by Crippen LogP contribution is 2.05. The summed E-state index contributed by atoms with van der Waals surface area (Å²) in [6.45, 7) is -1.15. The Morgan fingerprint density at radius 3 is 2.00 bits per heavy atom. The highest BCUT2D eigenvalue weighted by Gasteiger charge is 1.93. The molecule has 0 aliphatic heterocycles. The van der Waals surface area contributed by atoms with Gasteiger partial charge < -0.3 is 0 Å². The lowest BCUT2D eigenvalue weighted by Crippen LogP contribution is -1.82. The van der Waals surface area contributed by atoms with E-state index >= 15 is 0 Å². The van der Waals surface area contributed by atoms with Crippen LogP contribution in [0.3, 0.4) is 0 Å². The van der Waals surface area contributed by atoms with Crippen LogP contribution in [0.2, 0.25) is 0 Å². The molecule has 0 saturated carbocycles. The fourth-order valence-electron chi connectivity index (χ4n) is 0.726. The molecule has 0 heterocycles. The highest BCUT2D eigenvalue weighted by molar-refractivity contribution is 5.20. The molecule has 0 unspecified atom stereocenters. The summed E-state index contributed by atoms with van der Waals surface area (Å²) in [6, 6.07) is 7.38. The Labute approximate surface area is 58.5 Å². The topological polar surface area (TPSA) is 0 Å². The third kappa shape index (κ3) is 1.53. The Kier molecular flexibility index (Phi) is 2.37. The molecule has 53 valence electrons. The lowest BCUT2D eigenvalue weighted by Gasteiger charge is -1.94. The maximum atomic E-state index is 11.9. The summed E-state index contributed by atoms with van der Waals surface area (Å²) in [5, 5.41) is 0. The van der Waals surface area contributed by atoms with Gasteiger partial charge >= 0.3 is 0 Å². The number of rotatable bonds is 2. The molecule has 0 spiro atoms. The van der Waals surface area contributed by atoms with Crippen LogP contribution in [0, 0.1) is 6.07 Å². The molecule has 0 atom stereocenters. The Balaban J connectivity index is 2.87. The normalized spacial score (nSPS) is 9.80. The van der Waals surface area contributed by atoms with E-state index < -0.39 is 13.3 Å². The smallest absolute Gasteiger partial charge is 0.115 e. The zero-order chi connectivity index (χ0) is 7.40. The summed E-state index contributed by atoms with van der Waals surface area (Å²) in [5.74, 6) is 0. The van der Waals surface area contributed by atoms with Crippen LogP contribution in [0.4, 0.5) is 8.78 Å². The van der Waals surface area contributed by atoms with E-state index in [0.717, 1.165) is 0 Å². The predicted octanol–water partition coefficient (Wildman–Crippen LogP) is 2.43. The second kappa shape index (κ2) is 3.30. The van der Waals surface area contributed by atoms with Crippen molar-refractivity contribution in [3.63, 3.8) is 0 Å². The summed E-state index contributed by atoms with van der Waals surface area (Å²) in [5.41, 5.74) is 0.824. The maximum absolute atomic E-state index is 11.9. The molecule has 10 heavy (non-hydrogen) atoms. The van der Waals surface area contributed by atoms with E-state index in [-0.39, 0.29) is 0 Å². The zero-order valence-corrected chi connectivity index (χ0v) is 5.40. The monoisotopic (exact) mass is 141 g/mol. The summed E-state index contributed by atoms with van der Waals surface area (Å²) < 4.78 is 23.8. The minimum atomic E-state index is -0.576. The molecule has 0 N–H and O–H groups in total. The van der Waals surface area contributed by atoms with Gasteiger partial charge in [-0.15, -0.1) is 0 Å². The molecule has 0 amide bonds. The fourth-order valence-corrected chi connectivity index (χ4v) is 0.726.